The van der Waals surface area contributed by atoms with Crippen LogP contribution < -0.4 is 10.1 Å². The Balaban J connectivity index is 2.77. The summed E-state index contributed by atoms with van der Waals surface area (Å²) in [5.74, 6) is -1.24. The fraction of sp³-hybridized carbons (Fsp3) is 0.438. The number of benzene rings is 1. The molecule has 136 valence electrons. The standard InChI is InChI=1S/C16H20N2O7/c1-4-10(2)15(16(21)24-3)17-14(20)9-25-13-6-5-12(18(22)23)7-11(13)8-19/h5-8,10,15H,4,9H2,1-3H3,(H,17,20)/t10-,15+/m0/s1. The number of carbonyl (C=O) groups is 3. The second-order valence-electron chi connectivity index (χ2n) is 5.34. The predicted molar refractivity (Wildman–Crippen MR) is 87.4 cm³/mol. The van der Waals surface area contributed by atoms with Crippen molar-refractivity contribution in [2.24, 2.45) is 5.92 Å². The van der Waals surface area contributed by atoms with E-state index in [-0.39, 0.29) is 22.9 Å². The summed E-state index contributed by atoms with van der Waals surface area (Å²) in [4.78, 5) is 44.8. The molecule has 0 aliphatic rings. The molecule has 9 heteroatoms. The second kappa shape index (κ2) is 9.36. The molecule has 0 bridgehead atoms. The highest BCUT2D eigenvalue weighted by atomic mass is 16.6. The van der Waals surface area contributed by atoms with Crippen LogP contribution in [-0.2, 0) is 14.3 Å². The molecule has 0 unspecified atom stereocenters. The van der Waals surface area contributed by atoms with Gasteiger partial charge >= 0.3 is 5.97 Å². The molecular formula is C16H20N2O7. The molecule has 0 saturated carbocycles. The Morgan fingerprint density at radius 3 is 2.60 bits per heavy atom. The third-order valence-electron chi connectivity index (χ3n) is 3.67. The molecule has 0 fully saturated rings. The van der Waals surface area contributed by atoms with E-state index in [0.29, 0.717) is 12.7 Å². The summed E-state index contributed by atoms with van der Waals surface area (Å²) in [6, 6.07) is 2.64. The highest BCUT2D eigenvalue weighted by molar-refractivity contribution is 5.86. The molecule has 0 saturated heterocycles. The Kier molecular flexibility index (Phi) is 7.51. The van der Waals surface area contributed by atoms with Crippen molar-refractivity contribution in [2.45, 2.75) is 26.3 Å². The van der Waals surface area contributed by atoms with Gasteiger partial charge in [-0.15, -0.1) is 0 Å². The van der Waals surface area contributed by atoms with E-state index in [4.69, 9.17) is 4.74 Å². The molecular weight excluding hydrogens is 332 g/mol. The number of esters is 1. The number of non-ortho nitro benzene ring substituents is 1. The van der Waals surface area contributed by atoms with Gasteiger partial charge in [0.2, 0.25) is 0 Å². The second-order valence-corrected chi connectivity index (χ2v) is 5.34. The van der Waals surface area contributed by atoms with Crippen LogP contribution >= 0.6 is 0 Å². The minimum absolute atomic E-state index is 0.0360. The molecule has 0 aromatic heterocycles. The van der Waals surface area contributed by atoms with Crippen molar-refractivity contribution >= 4 is 23.9 Å². The molecule has 0 heterocycles. The molecule has 1 aromatic rings. The number of ether oxygens (including phenoxy) is 2. The first kappa shape index (κ1) is 20.1. The predicted octanol–water partition coefficient (Wildman–Crippen LogP) is 1.49. The number of aldehydes is 1. The summed E-state index contributed by atoms with van der Waals surface area (Å²) < 4.78 is 9.90. The smallest absolute Gasteiger partial charge is 0.328 e. The van der Waals surface area contributed by atoms with E-state index in [1.165, 1.54) is 13.2 Å². The Hall–Kier alpha value is -2.97. The van der Waals surface area contributed by atoms with Gasteiger partial charge in [-0.05, 0) is 12.0 Å². The highest BCUT2D eigenvalue weighted by Gasteiger charge is 2.26. The van der Waals surface area contributed by atoms with Gasteiger partial charge in [-0.3, -0.25) is 19.7 Å². The minimum Gasteiger partial charge on any atom is -0.483 e. The lowest BCUT2D eigenvalue weighted by Crippen LogP contribution is -2.47. The lowest BCUT2D eigenvalue weighted by molar-refractivity contribution is -0.384. The van der Waals surface area contributed by atoms with Crippen molar-refractivity contribution in [1.82, 2.24) is 5.32 Å². The zero-order valence-corrected chi connectivity index (χ0v) is 14.2. The van der Waals surface area contributed by atoms with Gasteiger partial charge in [0.15, 0.2) is 12.9 Å². The number of hydrogen-bond donors (Lipinski definition) is 1. The van der Waals surface area contributed by atoms with Gasteiger partial charge in [0.1, 0.15) is 11.8 Å². The topological polar surface area (TPSA) is 125 Å². The highest BCUT2D eigenvalue weighted by Crippen LogP contribution is 2.22. The Morgan fingerprint density at radius 2 is 2.08 bits per heavy atom. The first-order chi connectivity index (χ1) is 11.8. The zero-order valence-electron chi connectivity index (χ0n) is 14.2. The number of nitro groups is 1. The number of nitrogens with zero attached hydrogens (tertiary/aromatic N) is 1. The number of carbonyl (C=O) groups excluding carboxylic acids is 3. The Labute approximate surface area is 144 Å². The quantitative estimate of drug-likeness (QED) is 0.309. The minimum atomic E-state index is -0.812. The largest absolute Gasteiger partial charge is 0.483 e. The third-order valence-corrected chi connectivity index (χ3v) is 3.67. The van der Waals surface area contributed by atoms with E-state index in [9.17, 15) is 24.5 Å². The summed E-state index contributed by atoms with van der Waals surface area (Å²) in [6.07, 6.45) is 1.05. The van der Waals surface area contributed by atoms with Gasteiger partial charge in [-0.1, -0.05) is 20.3 Å². The average Bonchev–Trinajstić information content (AvgIpc) is 2.62. The fourth-order valence-electron chi connectivity index (χ4n) is 2.03. The molecule has 1 aromatic carbocycles. The number of rotatable bonds is 9. The maximum absolute atomic E-state index is 12.0. The molecule has 9 nitrogen and oxygen atoms in total. The molecule has 1 rings (SSSR count). The van der Waals surface area contributed by atoms with E-state index in [1.54, 1.807) is 6.92 Å². The normalized spacial score (nSPS) is 12.6. The van der Waals surface area contributed by atoms with Gasteiger partial charge in [-0.2, -0.15) is 0 Å². The van der Waals surface area contributed by atoms with Crippen molar-refractivity contribution in [3.63, 3.8) is 0 Å². The lowest BCUT2D eigenvalue weighted by Gasteiger charge is -2.21. The molecule has 0 aliphatic heterocycles. The Bertz CT molecular complexity index is 660. The molecule has 2 atom stereocenters. The van der Waals surface area contributed by atoms with Crippen LogP contribution in [0, 0.1) is 16.0 Å². The maximum Gasteiger partial charge on any atom is 0.328 e. The summed E-state index contributed by atoms with van der Waals surface area (Å²) in [5, 5.41) is 13.2. The first-order valence-electron chi connectivity index (χ1n) is 7.57. The number of nitro benzene ring substituents is 1. The Morgan fingerprint density at radius 1 is 1.40 bits per heavy atom. The molecule has 1 amide bonds. The molecule has 1 N–H and O–H groups in total. The van der Waals surface area contributed by atoms with Gasteiger partial charge in [0.05, 0.1) is 17.6 Å². The van der Waals surface area contributed by atoms with Crippen LogP contribution in [0.25, 0.3) is 0 Å². The van der Waals surface area contributed by atoms with Crippen molar-refractivity contribution in [3.8, 4) is 5.75 Å². The van der Waals surface area contributed by atoms with Crippen LogP contribution in [0.1, 0.15) is 30.6 Å². The zero-order chi connectivity index (χ0) is 19.0. The van der Waals surface area contributed by atoms with E-state index in [1.807, 2.05) is 6.92 Å². The van der Waals surface area contributed by atoms with E-state index < -0.39 is 29.4 Å². The van der Waals surface area contributed by atoms with Gasteiger partial charge in [0, 0.05) is 12.1 Å². The van der Waals surface area contributed by atoms with Crippen LogP contribution in [0.5, 0.6) is 5.75 Å². The van der Waals surface area contributed by atoms with E-state index in [0.717, 1.165) is 12.1 Å². The van der Waals surface area contributed by atoms with Crippen molar-refractivity contribution in [1.29, 1.82) is 0 Å². The van der Waals surface area contributed by atoms with E-state index in [2.05, 4.69) is 10.1 Å². The van der Waals surface area contributed by atoms with E-state index >= 15 is 0 Å². The molecule has 0 spiro atoms. The monoisotopic (exact) mass is 352 g/mol. The summed E-state index contributed by atoms with van der Waals surface area (Å²) in [5.41, 5.74) is -0.310. The molecule has 25 heavy (non-hydrogen) atoms. The maximum atomic E-state index is 12.0. The van der Waals surface area contributed by atoms with Crippen molar-refractivity contribution in [3.05, 3.63) is 33.9 Å². The van der Waals surface area contributed by atoms with Gasteiger partial charge in [0.25, 0.3) is 11.6 Å². The number of amides is 1. The van der Waals surface area contributed by atoms with Gasteiger partial charge in [-0.25, -0.2) is 4.79 Å². The van der Waals surface area contributed by atoms with Crippen LogP contribution in [-0.4, -0.2) is 42.8 Å². The number of nitrogens with one attached hydrogen (secondary N) is 1. The van der Waals surface area contributed by atoms with Crippen molar-refractivity contribution < 1.29 is 28.8 Å². The van der Waals surface area contributed by atoms with Gasteiger partial charge < -0.3 is 14.8 Å². The van der Waals surface area contributed by atoms with Crippen LogP contribution in [0.3, 0.4) is 0 Å². The van der Waals surface area contributed by atoms with Crippen LogP contribution in [0.15, 0.2) is 18.2 Å². The summed E-state index contributed by atoms with van der Waals surface area (Å²) >= 11 is 0. The number of methoxy groups -OCH3 is 1. The first-order valence-corrected chi connectivity index (χ1v) is 7.57. The van der Waals surface area contributed by atoms with Crippen molar-refractivity contribution in [2.75, 3.05) is 13.7 Å². The fourth-order valence-corrected chi connectivity index (χ4v) is 2.03. The average molecular weight is 352 g/mol. The van der Waals surface area contributed by atoms with Crippen LogP contribution in [0.4, 0.5) is 5.69 Å². The SMILES string of the molecule is CC[C@H](C)[C@@H](NC(=O)COc1ccc([N+](=O)[O-])cc1C=O)C(=O)OC. The molecule has 0 aliphatic carbocycles. The van der Waals surface area contributed by atoms with Crippen LogP contribution in [0.2, 0.25) is 0 Å². The number of hydrogen-bond acceptors (Lipinski definition) is 7. The summed E-state index contributed by atoms with van der Waals surface area (Å²) in [7, 11) is 1.23. The lowest BCUT2D eigenvalue weighted by atomic mass is 9.99. The summed E-state index contributed by atoms with van der Waals surface area (Å²) in [6.45, 7) is 3.21. The molecule has 0 radical (unpaired) electrons. The third kappa shape index (κ3) is 5.55.